The molecule has 0 fully saturated rings. The maximum Gasteiger partial charge on any atom is 0.224 e. The number of aromatic amines is 1. The molecule has 3 rings (SSSR count). The molecule has 0 aliphatic carbocycles. The van der Waals surface area contributed by atoms with Crippen LogP contribution in [0.2, 0.25) is 0 Å². The molecule has 5 N–H and O–H groups in total. The summed E-state index contributed by atoms with van der Waals surface area (Å²) in [5, 5.41) is 0. The Labute approximate surface area is 111 Å². The third-order valence-corrected chi connectivity index (χ3v) is 3.04. The Bertz CT molecular complexity index is 718. The zero-order chi connectivity index (χ0) is 12.7. The highest BCUT2D eigenvalue weighted by Crippen LogP contribution is 2.23. The number of anilines is 2. The van der Waals surface area contributed by atoms with Crippen LogP contribution >= 0.6 is 15.9 Å². The van der Waals surface area contributed by atoms with E-state index in [-0.39, 0.29) is 5.95 Å². The smallest absolute Gasteiger partial charge is 0.224 e. The monoisotopic (exact) mass is 304 g/mol. The third kappa shape index (κ3) is 1.78. The van der Waals surface area contributed by atoms with Crippen molar-refractivity contribution in [1.29, 1.82) is 0 Å². The first kappa shape index (κ1) is 11.0. The van der Waals surface area contributed by atoms with Gasteiger partial charge in [-0.05, 0) is 12.1 Å². The van der Waals surface area contributed by atoms with Gasteiger partial charge in [0.05, 0.1) is 0 Å². The van der Waals surface area contributed by atoms with Crippen LogP contribution in [0.3, 0.4) is 0 Å². The van der Waals surface area contributed by atoms with E-state index < -0.39 is 0 Å². The number of nitrogens with two attached hydrogens (primary N) is 2. The fourth-order valence-corrected chi connectivity index (χ4v) is 1.95. The van der Waals surface area contributed by atoms with Crippen LogP contribution in [-0.4, -0.2) is 19.9 Å². The number of aromatic nitrogens is 4. The van der Waals surface area contributed by atoms with Crippen LogP contribution in [-0.2, 0) is 0 Å². The summed E-state index contributed by atoms with van der Waals surface area (Å²) >= 11 is 3.38. The molecule has 90 valence electrons. The van der Waals surface area contributed by atoms with E-state index in [1.807, 2.05) is 24.3 Å². The van der Waals surface area contributed by atoms with Gasteiger partial charge in [0, 0.05) is 10.0 Å². The third-order valence-electron chi connectivity index (χ3n) is 2.51. The van der Waals surface area contributed by atoms with Crippen molar-refractivity contribution in [3.8, 4) is 11.4 Å². The van der Waals surface area contributed by atoms with Gasteiger partial charge < -0.3 is 16.5 Å². The van der Waals surface area contributed by atoms with E-state index in [1.54, 1.807) is 0 Å². The number of nitrogen functional groups attached to an aromatic ring is 2. The SMILES string of the molecule is Nc1nc(N)c2[nH]c(-c3ccc(Br)cc3)nc2n1. The lowest BCUT2D eigenvalue weighted by atomic mass is 10.2. The van der Waals surface area contributed by atoms with Crippen LogP contribution in [0, 0.1) is 0 Å². The number of H-pyrrole nitrogens is 1. The summed E-state index contributed by atoms with van der Waals surface area (Å²) in [5.74, 6) is 1.10. The van der Waals surface area contributed by atoms with Gasteiger partial charge in [0.2, 0.25) is 5.95 Å². The largest absolute Gasteiger partial charge is 0.382 e. The molecule has 2 aromatic heterocycles. The van der Waals surface area contributed by atoms with Crippen molar-refractivity contribution in [1.82, 2.24) is 19.9 Å². The predicted molar refractivity (Wildman–Crippen MR) is 73.6 cm³/mol. The van der Waals surface area contributed by atoms with Crippen molar-refractivity contribution >= 4 is 38.9 Å². The molecule has 0 atom stereocenters. The van der Waals surface area contributed by atoms with Gasteiger partial charge in [0.1, 0.15) is 11.3 Å². The summed E-state index contributed by atoms with van der Waals surface area (Å²) in [6.45, 7) is 0. The van der Waals surface area contributed by atoms with E-state index in [2.05, 4.69) is 35.9 Å². The first-order valence-corrected chi connectivity index (χ1v) is 5.97. The average molecular weight is 305 g/mol. The predicted octanol–water partition coefficient (Wildman–Crippen LogP) is 1.95. The standard InChI is InChI=1S/C11H9BrN6/c12-6-3-1-5(2-4-6)9-15-7-8(13)16-11(14)18-10(7)17-9/h1-4H,(H5,13,14,15,16,17,18). The van der Waals surface area contributed by atoms with Crippen molar-refractivity contribution in [2.75, 3.05) is 11.5 Å². The Hall–Kier alpha value is -2.15. The number of hydrogen-bond acceptors (Lipinski definition) is 5. The fraction of sp³-hybridized carbons (Fsp3) is 0. The van der Waals surface area contributed by atoms with Crippen LogP contribution in [0.1, 0.15) is 0 Å². The molecule has 6 nitrogen and oxygen atoms in total. The molecule has 0 spiro atoms. The first-order chi connectivity index (χ1) is 8.63. The summed E-state index contributed by atoms with van der Waals surface area (Å²) in [6.07, 6.45) is 0. The van der Waals surface area contributed by atoms with E-state index in [0.717, 1.165) is 10.0 Å². The summed E-state index contributed by atoms with van der Waals surface area (Å²) in [7, 11) is 0. The van der Waals surface area contributed by atoms with Crippen molar-refractivity contribution in [2.24, 2.45) is 0 Å². The van der Waals surface area contributed by atoms with Gasteiger partial charge in [-0.2, -0.15) is 9.97 Å². The second kappa shape index (κ2) is 3.95. The zero-order valence-corrected chi connectivity index (χ0v) is 10.8. The summed E-state index contributed by atoms with van der Waals surface area (Å²) in [4.78, 5) is 15.4. The number of rotatable bonds is 1. The Morgan fingerprint density at radius 1 is 1.00 bits per heavy atom. The molecular formula is C11H9BrN6. The van der Waals surface area contributed by atoms with E-state index >= 15 is 0 Å². The topological polar surface area (TPSA) is 106 Å². The maximum absolute atomic E-state index is 5.76. The lowest BCUT2D eigenvalue weighted by Gasteiger charge is -1.96. The minimum atomic E-state index is 0.119. The van der Waals surface area contributed by atoms with Crippen LogP contribution in [0.25, 0.3) is 22.6 Å². The van der Waals surface area contributed by atoms with Gasteiger partial charge in [0.25, 0.3) is 0 Å². The number of nitrogens with one attached hydrogen (secondary N) is 1. The molecular weight excluding hydrogens is 296 g/mol. The number of imidazole rings is 1. The van der Waals surface area contributed by atoms with Crippen molar-refractivity contribution in [3.63, 3.8) is 0 Å². The molecule has 0 aliphatic heterocycles. The Kier molecular flexibility index (Phi) is 2.41. The lowest BCUT2D eigenvalue weighted by Crippen LogP contribution is -1.99. The van der Waals surface area contributed by atoms with Crippen molar-refractivity contribution in [2.45, 2.75) is 0 Å². The average Bonchev–Trinajstić information content (AvgIpc) is 2.74. The van der Waals surface area contributed by atoms with Crippen LogP contribution < -0.4 is 11.5 Å². The highest BCUT2D eigenvalue weighted by molar-refractivity contribution is 9.10. The van der Waals surface area contributed by atoms with Crippen LogP contribution in [0.4, 0.5) is 11.8 Å². The normalized spacial score (nSPS) is 10.9. The van der Waals surface area contributed by atoms with E-state index in [4.69, 9.17) is 11.5 Å². The van der Waals surface area contributed by atoms with Gasteiger partial charge in [0.15, 0.2) is 11.5 Å². The van der Waals surface area contributed by atoms with E-state index in [0.29, 0.717) is 22.8 Å². The fourth-order valence-electron chi connectivity index (χ4n) is 1.68. The van der Waals surface area contributed by atoms with Crippen molar-refractivity contribution < 1.29 is 0 Å². The summed E-state index contributed by atoms with van der Waals surface area (Å²) in [5.41, 5.74) is 13.3. The molecule has 18 heavy (non-hydrogen) atoms. The van der Waals surface area contributed by atoms with E-state index in [9.17, 15) is 0 Å². The summed E-state index contributed by atoms with van der Waals surface area (Å²) in [6, 6.07) is 7.75. The number of nitrogens with zero attached hydrogens (tertiary/aromatic N) is 3. The molecule has 0 unspecified atom stereocenters. The quantitative estimate of drug-likeness (QED) is 0.637. The minimum Gasteiger partial charge on any atom is -0.382 e. The van der Waals surface area contributed by atoms with Crippen LogP contribution in [0.15, 0.2) is 28.7 Å². The van der Waals surface area contributed by atoms with Gasteiger partial charge in [-0.3, -0.25) is 0 Å². The summed E-state index contributed by atoms with van der Waals surface area (Å²) < 4.78 is 1.01. The molecule has 0 saturated carbocycles. The van der Waals surface area contributed by atoms with Crippen molar-refractivity contribution in [3.05, 3.63) is 28.7 Å². The molecule has 0 radical (unpaired) electrons. The Morgan fingerprint density at radius 3 is 2.44 bits per heavy atom. The van der Waals surface area contributed by atoms with Crippen LogP contribution in [0.5, 0.6) is 0 Å². The minimum absolute atomic E-state index is 0.119. The molecule has 0 aliphatic rings. The second-order valence-corrected chi connectivity index (χ2v) is 4.67. The zero-order valence-electron chi connectivity index (χ0n) is 9.18. The van der Waals surface area contributed by atoms with E-state index in [1.165, 1.54) is 0 Å². The number of hydrogen-bond donors (Lipinski definition) is 3. The Balaban J connectivity index is 2.19. The first-order valence-electron chi connectivity index (χ1n) is 5.18. The van der Waals surface area contributed by atoms with Gasteiger partial charge in [-0.25, -0.2) is 4.98 Å². The van der Waals surface area contributed by atoms with Gasteiger partial charge >= 0.3 is 0 Å². The highest BCUT2D eigenvalue weighted by Gasteiger charge is 2.10. The molecule has 1 aromatic carbocycles. The number of halogens is 1. The second-order valence-electron chi connectivity index (χ2n) is 3.76. The molecule has 7 heteroatoms. The molecule has 2 heterocycles. The Morgan fingerprint density at radius 2 is 1.72 bits per heavy atom. The number of benzene rings is 1. The maximum atomic E-state index is 5.76. The molecule has 0 amide bonds. The van der Waals surface area contributed by atoms with Gasteiger partial charge in [-0.15, -0.1) is 0 Å². The molecule has 0 saturated heterocycles. The van der Waals surface area contributed by atoms with Gasteiger partial charge in [-0.1, -0.05) is 28.1 Å². The molecule has 3 aromatic rings. The molecule has 0 bridgehead atoms. The highest BCUT2D eigenvalue weighted by atomic mass is 79.9. The number of fused-ring (bicyclic) bond motifs is 1. The lowest BCUT2D eigenvalue weighted by molar-refractivity contribution is 1.22.